The van der Waals surface area contributed by atoms with Crippen molar-refractivity contribution in [3.8, 4) is 11.5 Å². The van der Waals surface area contributed by atoms with E-state index in [1.54, 1.807) is 19.9 Å². The Morgan fingerprint density at radius 1 is 1.21 bits per heavy atom. The highest BCUT2D eigenvalue weighted by Crippen LogP contribution is 2.41. The number of ether oxygens (including phenoxy) is 2. The van der Waals surface area contributed by atoms with Gasteiger partial charge in [-0.1, -0.05) is 13.8 Å². The number of benzene rings is 1. The lowest BCUT2D eigenvalue weighted by atomic mass is 9.82. The van der Waals surface area contributed by atoms with Crippen molar-refractivity contribution >= 4 is 0 Å². The molecule has 0 bridgehead atoms. The van der Waals surface area contributed by atoms with Gasteiger partial charge in [-0.3, -0.25) is 0 Å². The molecule has 3 nitrogen and oxygen atoms in total. The topological polar surface area (TPSA) is 38.7 Å². The van der Waals surface area contributed by atoms with Gasteiger partial charge in [-0.2, -0.15) is 0 Å². The normalized spacial score (nSPS) is 15.5. The number of rotatable bonds is 3. The highest BCUT2D eigenvalue weighted by atomic mass is 19.3. The van der Waals surface area contributed by atoms with Crippen molar-refractivity contribution in [2.75, 3.05) is 19.8 Å². The molecule has 0 aliphatic carbocycles. The largest absolute Gasteiger partial charge is 0.490 e. The molecule has 1 N–H and O–H groups in total. The van der Waals surface area contributed by atoms with Gasteiger partial charge in [0.05, 0.1) is 19.8 Å². The van der Waals surface area contributed by atoms with E-state index in [4.69, 9.17) is 9.47 Å². The van der Waals surface area contributed by atoms with Crippen LogP contribution >= 0.6 is 0 Å². The summed E-state index contributed by atoms with van der Waals surface area (Å²) in [6.45, 7) is 4.18. The minimum Gasteiger partial charge on any atom is -0.490 e. The highest BCUT2D eigenvalue weighted by molar-refractivity contribution is 5.50. The van der Waals surface area contributed by atoms with E-state index in [1.165, 1.54) is 6.07 Å². The van der Waals surface area contributed by atoms with E-state index < -0.39 is 11.8 Å². The fraction of sp³-hybridized carbons (Fsp3) is 0.571. The predicted octanol–water partition coefficient (Wildman–Crippen LogP) is 3.06. The maximum absolute atomic E-state index is 13.2. The van der Waals surface area contributed by atoms with Crippen LogP contribution in [0.25, 0.3) is 0 Å². The van der Waals surface area contributed by atoms with E-state index in [1.807, 2.05) is 0 Å². The molecule has 5 heteroatoms. The predicted molar refractivity (Wildman–Crippen MR) is 67.1 cm³/mol. The van der Waals surface area contributed by atoms with E-state index >= 15 is 0 Å². The molecule has 0 amide bonds. The van der Waals surface area contributed by atoms with E-state index in [-0.39, 0.29) is 12.2 Å². The summed E-state index contributed by atoms with van der Waals surface area (Å²) in [5.74, 6) is 0.823. The highest BCUT2D eigenvalue weighted by Gasteiger charge is 2.29. The Morgan fingerprint density at radius 3 is 2.32 bits per heavy atom. The monoisotopic (exact) mass is 272 g/mol. The molecule has 19 heavy (non-hydrogen) atoms. The smallest absolute Gasteiger partial charge is 0.264 e. The summed E-state index contributed by atoms with van der Waals surface area (Å²) in [6, 6.07) is 2.90. The lowest BCUT2D eigenvalue weighted by Crippen LogP contribution is -2.24. The number of hydrogen-bond donors (Lipinski definition) is 1. The van der Waals surface area contributed by atoms with Gasteiger partial charge in [0.25, 0.3) is 6.43 Å². The van der Waals surface area contributed by atoms with E-state index in [0.717, 1.165) is 6.42 Å². The third kappa shape index (κ3) is 2.81. The van der Waals surface area contributed by atoms with Crippen LogP contribution in [0.5, 0.6) is 11.5 Å². The molecule has 2 rings (SSSR count). The fourth-order valence-corrected chi connectivity index (χ4v) is 2.08. The molecule has 0 saturated carbocycles. The summed E-state index contributed by atoms with van der Waals surface area (Å²) in [7, 11) is 0. The standard InChI is InChI=1S/C14H18F2O3/c1-14(2,8-17)10-7-12-11(6-9(10)13(15)16)18-4-3-5-19-12/h6-7,13,17H,3-5,8H2,1-2H3. The van der Waals surface area contributed by atoms with Gasteiger partial charge in [-0.15, -0.1) is 0 Å². The first-order valence-corrected chi connectivity index (χ1v) is 6.29. The van der Waals surface area contributed by atoms with Gasteiger partial charge >= 0.3 is 0 Å². The second-order valence-corrected chi connectivity index (χ2v) is 5.28. The van der Waals surface area contributed by atoms with Gasteiger partial charge in [0, 0.05) is 17.4 Å². The average Bonchev–Trinajstić information content (AvgIpc) is 2.61. The Balaban J connectivity index is 2.55. The third-order valence-electron chi connectivity index (χ3n) is 3.28. The van der Waals surface area contributed by atoms with Crippen LogP contribution in [-0.4, -0.2) is 24.9 Å². The summed E-state index contributed by atoms with van der Waals surface area (Å²) in [6.07, 6.45) is -1.89. The van der Waals surface area contributed by atoms with Gasteiger partial charge < -0.3 is 14.6 Å². The van der Waals surface area contributed by atoms with Crippen LogP contribution in [0.1, 0.15) is 37.8 Å². The molecule has 106 valence electrons. The number of halogens is 2. The number of alkyl halides is 2. The molecule has 1 aliphatic heterocycles. The van der Waals surface area contributed by atoms with Gasteiger partial charge in [0.15, 0.2) is 11.5 Å². The van der Waals surface area contributed by atoms with Crippen molar-refractivity contribution in [3.63, 3.8) is 0 Å². The number of aliphatic hydroxyl groups is 1. The molecule has 1 aromatic rings. The Labute approximate surface area is 111 Å². The molecule has 1 aromatic carbocycles. The molecular weight excluding hydrogens is 254 g/mol. The molecular formula is C14H18F2O3. The van der Waals surface area contributed by atoms with Crippen molar-refractivity contribution in [3.05, 3.63) is 23.3 Å². The van der Waals surface area contributed by atoms with Crippen LogP contribution in [-0.2, 0) is 5.41 Å². The first kappa shape index (κ1) is 14.1. The van der Waals surface area contributed by atoms with Crippen LogP contribution in [0.4, 0.5) is 8.78 Å². The molecule has 1 heterocycles. The van der Waals surface area contributed by atoms with E-state index in [9.17, 15) is 13.9 Å². The Morgan fingerprint density at radius 2 is 1.79 bits per heavy atom. The zero-order valence-electron chi connectivity index (χ0n) is 11.1. The Bertz CT molecular complexity index is 458. The van der Waals surface area contributed by atoms with Gasteiger partial charge in [0.1, 0.15) is 0 Å². The lowest BCUT2D eigenvalue weighted by molar-refractivity contribution is 0.144. The molecule has 0 unspecified atom stereocenters. The van der Waals surface area contributed by atoms with Gasteiger partial charge in [-0.05, 0) is 17.7 Å². The summed E-state index contributed by atoms with van der Waals surface area (Å²) >= 11 is 0. The fourth-order valence-electron chi connectivity index (χ4n) is 2.08. The zero-order chi connectivity index (χ0) is 14.0. The van der Waals surface area contributed by atoms with Crippen molar-refractivity contribution in [2.24, 2.45) is 0 Å². The second kappa shape index (κ2) is 5.33. The maximum Gasteiger partial charge on any atom is 0.264 e. The van der Waals surface area contributed by atoms with E-state index in [2.05, 4.69) is 0 Å². The molecule has 1 aliphatic rings. The lowest BCUT2D eigenvalue weighted by Gasteiger charge is -2.26. The minimum absolute atomic E-state index is 0.108. The first-order chi connectivity index (χ1) is 8.95. The quantitative estimate of drug-likeness (QED) is 0.919. The Hall–Kier alpha value is -1.36. The maximum atomic E-state index is 13.2. The van der Waals surface area contributed by atoms with Crippen LogP contribution in [0.15, 0.2) is 12.1 Å². The molecule has 0 aromatic heterocycles. The average molecular weight is 272 g/mol. The molecule has 0 saturated heterocycles. The third-order valence-corrected chi connectivity index (χ3v) is 3.28. The van der Waals surface area contributed by atoms with Crippen LogP contribution < -0.4 is 9.47 Å². The molecule has 0 atom stereocenters. The van der Waals surface area contributed by atoms with E-state index in [0.29, 0.717) is 30.3 Å². The second-order valence-electron chi connectivity index (χ2n) is 5.28. The molecule has 0 radical (unpaired) electrons. The van der Waals surface area contributed by atoms with Crippen LogP contribution in [0, 0.1) is 0 Å². The summed E-state index contributed by atoms with van der Waals surface area (Å²) in [5, 5.41) is 9.40. The van der Waals surface area contributed by atoms with Gasteiger partial charge in [-0.25, -0.2) is 8.78 Å². The van der Waals surface area contributed by atoms with Crippen molar-refractivity contribution in [2.45, 2.75) is 32.1 Å². The van der Waals surface area contributed by atoms with Crippen molar-refractivity contribution < 1.29 is 23.4 Å². The summed E-state index contributed by atoms with van der Waals surface area (Å²) in [4.78, 5) is 0. The van der Waals surface area contributed by atoms with Gasteiger partial charge in [0.2, 0.25) is 0 Å². The Kier molecular flexibility index (Phi) is 3.94. The molecule has 0 spiro atoms. The SMILES string of the molecule is CC(C)(CO)c1cc2c(cc1C(F)F)OCCCO2. The summed E-state index contributed by atoms with van der Waals surface area (Å²) in [5.41, 5.74) is -0.464. The molecule has 0 fully saturated rings. The summed E-state index contributed by atoms with van der Waals surface area (Å²) < 4.78 is 37.3. The number of fused-ring (bicyclic) bond motifs is 1. The van der Waals surface area contributed by atoms with Crippen molar-refractivity contribution in [1.29, 1.82) is 0 Å². The van der Waals surface area contributed by atoms with Crippen molar-refractivity contribution in [1.82, 2.24) is 0 Å². The minimum atomic E-state index is -2.61. The number of aliphatic hydroxyl groups excluding tert-OH is 1. The number of hydrogen-bond acceptors (Lipinski definition) is 3. The first-order valence-electron chi connectivity index (χ1n) is 6.29. The van der Waals surface area contributed by atoms with Crippen LogP contribution in [0.2, 0.25) is 0 Å². The zero-order valence-corrected chi connectivity index (χ0v) is 11.1. The van der Waals surface area contributed by atoms with Crippen LogP contribution in [0.3, 0.4) is 0 Å².